The number of ether oxygens (including phenoxy) is 1. The Labute approximate surface area is 108 Å². The number of esters is 2. The van der Waals surface area contributed by atoms with E-state index in [4.69, 9.17) is 0 Å². The highest BCUT2D eigenvalue weighted by Crippen LogP contribution is 2.32. The van der Waals surface area contributed by atoms with Crippen molar-refractivity contribution in [2.24, 2.45) is 0 Å². The highest BCUT2D eigenvalue weighted by molar-refractivity contribution is 9.10. The van der Waals surface area contributed by atoms with Gasteiger partial charge in [-0.15, -0.1) is 11.3 Å². The highest BCUT2D eigenvalue weighted by atomic mass is 79.9. The molecule has 0 amide bonds. The Balaban J connectivity index is 2.09. The van der Waals surface area contributed by atoms with Crippen molar-refractivity contribution >= 4 is 39.2 Å². The van der Waals surface area contributed by atoms with E-state index in [1.165, 1.54) is 11.3 Å². The van der Waals surface area contributed by atoms with Crippen molar-refractivity contribution in [1.82, 2.24) is 4.98 Å². The number of fused-ring (bicyclic) bond motifs is 1. The fourth-order valence-electron chi connectivity index (χ4n) is 1.49. The third kappa shape index (κ3) is 1.69. The summed E-state index contributed by atoms with van der Waals surface area (Å²) in [5.74, 6) is -1.27. The zero-order valence-electron chi connectivity index (χ0n) is 8.27. The first-order valence-electron chi connectivity index (χ1n) is 4.68. The maximum atomic E-state index is 11.3. The van der Waals surface area contributed by atoms with Crippen molar-refractivity contribution < 1.29 is 14.3 Å². The minimum absolute atomic E-state index is 0.123. The average Bonchev–Trinajstić information content (AvgIpc) is 2.83. The molecule has 0 spiro atoms. The zero-order valence-corrected chi connectivity index (χ0v) is 10.7. The quantitative estimate of drug-likeness (QED) is 0.600. The molecule has 84 valence electrons. The number of benzene rings is 1. The van der Waals surface area contributed by atoms with Gasteiger partial charge in [-0.05, 0) is 12.1 Å². The van der Waals surface area contributed by atoms with Crippen molar-refractivity contribution in [3.8, 4) is 10.6 Å². The molecule has 6 heteroatoms. The number of aromatic nitrogens is 1. The van der Waals surface area contributed by atoms with Gasteiger partial charge in [-0.2, -0.15) is 0 Å². The third-order valence-corrected chi connectivity index (χ3v) is 3.90. The van der Waals surface area contributed by atoms with Crippen LogP contribution in [-0.2, 0) is 4.74 Å². The van der Waals surface area contributed by atoms with Gasteiger partial charge in [0.05, 0.1) is 0 Å². The third-order valence-electron chi connectivity index (χ3n) is 2.28. The Hall–Kier alpha value is -1.53. The normalized spacial score (nSPS) is 13.7. The van der Waals surface area contributed by atoms with E-state index >= 15 is 0 Å². The topological polar surface area (TPSA) is 56.3 Å². The molecule has 1 aliphatic rings. The van der Waals surface area contributed by atoms with E-state index in [0.29, 0.717) is 5.01 Å². The number of carbonyl (C=O) groups is 2. The summed E-state index contributed by atoms with van der Waals surface area (Å²) in [4.78, 5) is 27.0. The molecule has 0 unspecified atom stereocenters. The van der Waals surface area contributed by atoms with E-state index in [0.717, 1.165) is 10.0 Å². The maximum Gasteiger partial charge on any atom is 0.366 e. The number of carbonyl (C=O) groups excluding carboxylic acids is 2. The van der Waals surface area contributed by atoms with Crippen LogP contribution in [0.4, 0.5) is 0 Å². The van der Waals surface area contributed by atoms with Crippen LogP contribution in [0.15, 0.2) is 28.7 Å². The van der Waals surface area contributed by atoms with Gasteiger partial charge in [-0.1, -0.05) is 28.1 Å². The zero-order chi connectivity index (χ0) is 12.0. The first-order chi connectivity index (χ1) is 8.15. The van der Waals surface area contributed by atoms with Gasteiger partial charge in [0, 0.05) is 10.0 Å². The second-order valence-corrected chi connectivity index (χ2v) is 5.30. The van der Waals surface area contributed by atoms with Crippen molar-refractivity contribution in [3.63, 3.8) is 0 Å². The van der Waals surface area contributed by atoms with Crippen molar-refractivity contribution in [2.45, 2.75) is 0 Å². The van der Waals surface area contributed by atoms with E-state index < -0.39 is 11.9 Å². The minimum atomic E-state index is -0.662. The van der Waals surface area contributed by atoms with Crippen LogP contribution >= 0.6 is 27.3 Å². The molecule has 0 saturated carbocycles. The van der Waals surface area contributed by atoms with Gasteiger partial charge in [0.25, 0.3) is 0 Å². The molecule has 17 heavy (non-hydrogen) atoms. The number of halogens is 1. The molecule has 0 N–H and O–H groups in total. The largest absolute Gasteiger partial charge is 0.384 e. The Morgan fingerprint density at radius 3 is 2.47 bits per heavy atom. The lowest BCUT2D eigenvalue weighted by molar-refractivity contribution is 0.0443. The van der Waals surface area contributed by atoms with Gasteiger partial charge in [0.2, 0.25) is 0 Å². The van der Waals surface area contributed by atoms with E-state index in [2.05, 4.69) is 25.7 Å². The summed E-state index contributed by atoms with van der Waals surface area (Å²) in [5.41, 5.74) is 0.992. The smallest absolute Gasteiger partial charge is 0.366 e. The molecule has 2 heterocycles. The number of thiazole rings is 1. The van der Waals surface area contributed by atoms with Crippen molar-refractivity contribution in [2.75, 3.05) is 0 Å². The second kappa shape index (κ2) is 3.75. The predicted octanol–water partition coefficient (Wildman–Crippen LogP) is 2.88. The fraction of sp³-hybridized carbons (Fsp3) is 0. The van der Waals surface area contributed by atoms with Gasteiger partial charge in [-0.25, -0.2) is 14.6 Å². The summed E-state index contributed by atoms with van der Waals surface area (Å²) in [7, 11) is 0. The first kappa shape index (κ1) is 10.6. The van der Waals surface area contributed by atoms with Crippen LogP contribution in [0.2, 0.25) is 0 Å². The standard InChI is InChI=1S/C11H4BrNO3S/c12-6-3-1-5(2-4-6)9-13-7-8(17-9)11(15)16-10(7)14/h1-4H. The molecule has 0 atom stereocenters. The predicted molar refractivity (Wildman–Crippen MR) is 65.0 cm³/mol. The molecule has 0 fully saturated rings. The summed E-state index contributed by atoms with van der Waals surface area (Å²) < 4.78 is 5.40. The minimum Gasteiger partial charge on any atom is -0.384 e. The van der Waals surface area contributed by atoms with Crippen LogP contribution in [0.25, 0.3) is 10.6 Å². The van der Waals surface area contributed by atoms with Crippen molar-refractivity contribution in [1.29, 1.82) is 0 Å². The average molecular weight is 310 g/mol. The number of hydrogen-bond donors (Lipinski definition) is 0. The Morgan fingerprint density at radius 2 is 1.82 bits per heavy atom. The molecule has 0 radical (unpaired) electrons. The summed E-state index contributed by atoms with van der Waals surface area (Å²) in [6.07, 6.45) is 0. The Bertz CT molecular complexity index is 601. The molecule has 0 aliphatic carbocycles. The molecular weight excluding hydrogens is 306 g/mol. The van der Waals surface area contributed by atoms with E-state index in [1.54, 1.807) is 0 Å². The molecule has 1 aromatic carbocycles. The van der Waals surface area contributed by atoms with E-state index in [-0.39, 0.29) is 10.6 Å². The van der Waals surface area contributed by atoms with Crippen LogP contribution < -0.4 is 0 Å². The van der Waals surface area contributed by atoms with Crippen molar-refractivity contribution in [3.05, 3.63) is 39.3 Å². The summed E-state index contributed by atoms with van der Waals surface area (Å²) >= 11 is 4.51. The molecule has 1 aromatic heterocycles. The monoisotopic (exact) mass is 309 g/mol. The van der Waals surface area contributed by atoms with Gasteiger partial charge < -0.3 is 4.74 Å². The molecule has 0 bridgehead atoms. The lowest BCUT2D eigenvalue weighted by atomic mass is 10.2. The van der Waals surface area contributed by atoms with Gasteiger partial charge in [0.15, 0.2) is 5.69 Å². The second-order valence-electron chi connectivity index (χ2n) is 3.38. The van der Waals surface area contributed by atoms with Gasteiger partial charge >= 0.3 is 11.9 Å². The molecule has 4 nitrogen and oxygen atoms in total. The lowest BCUT2D eigenvalue weighted by Crippen LogP contribution is -1.99. The van der Waals surface area contributed by atoms with Gasteiger partial charge in [-0.3, -0.25) is 0 Å². The Morgan fingerprint density at radius 1 is 1.12 bits per heavy atom. The van der Waals surface area contributed by atoms with Gasteiger partial charge in [0.1, 0.15) is 9.88 Å². The van der Waals surface area contributed by atoms with Crippen LogP contribution in [0.1, 0.15) is 20.2 Å². The molecular formula is C11H4BrNO3S. The summed E-state index contributed by atoms with van der Waals surface area (Å²) in [6.45, 7) is 0. The summed E-state index contributed by atoms with van der Waals surface area (Å²) in [6, 6.07) is 7.49. The van der Waals surface area contributed by atoms with E-state index in [9.17, 15) is 9.59 Å². The van der Waals surface area contributed by atoms with Crippen LogP contribution in [0, 0.1) is 0 Å². The fourth-order valence-corrected chi connectivity index (χ4v) is 2.69. The SMILES string of the molecule is O=C1OC(=O)c2sc(-c3ccc(Br)cc3)nc21. The number of nitrogens with zero attached hydrogens (tertiary/aromatic N) is 1. The lowest BCUT2D eigenvalue weighted by Gasteiger charge is -1.96. The molecule has 0 saturated heterocycles. The highest BCUT2D eigenvalue weighted by Gasteiger charge is 2.34. The van der Waals surface area contributed by atoms with Crippen LogP contribution in [0.3, 0.4) is 0 Å². The number of hydrogen-bond acceptors (Lipinski definition) is 5. The van der Waals surface area contributed by atoms with Crippen LogP contribution in [0.5, 0.6) is 0 Å². The van der Waals surface area contributed by atoms with E-state index in [1.807, 2.05) is 24.3 Å². The first-order valence-corrected chi connectivity index (χ1v) is 6.29. The maximum absolute atomic E-state index is 11.3. The molecule has 2 aromatic rings. The number of rotatable bonds is 1. The van der Waals surface area contributed by atoms with Crippen LogP contribution in [-0.4, -0.2) is 16.9 Å². The molecule has 3 rings (SSSR count). The summed E-state index contributed by atoms with van der Waals surface area (Å²) in [5, 5.41) is 0.646. The Kier molecular flexibility index (Phi) is 2.34. The molecule has 1 aliphatic heterocycles. The number of cyclic esters (lactones) is 2.